The maximum Gasteiger partial charge on any atom is 0.266 e. The monoisotopic (exact) mass is 241 g/mol. The van der Waals surface area contributed by atoms with E-state index in [4.69, 9.17) is 11.6 Å². The van der Waals surface area contributed by atoms with Gasteiger partial charge in [0, 0.05) is 16.9 Å². The molecular formula is C6H3BrClF2N. The molecule has 0 atom stereocenters. The van der Waals surface area contributed by atoms with Gasteiger partial charge in [-0.1, -0.05) is 11.6 Å². The molecule has 0 N–H and O–H groups in total. The van der Waals surface area contributed by atoms with E-state index in [1.54, 1.807) is 0 Å². The Morgan fingerprint density at radius 1 is 1.45 bits per heavy atom. The van der Waals surface area contributed by atoms with E-state index in [1.165, 1.54) is 12.4 Å². The highest BCUT2D eigenvalue weighted by molar-refractivity contribution is 9.10. The summed E-state index contributed by atoms with van der Waals surface area (Å²) >= 11 is 8.37. The Kier molecular flexibility index (Phi) is 2.78. The zero-order valence-electron chi connectivity index (χ0n) is 5.19. The van der Waals surface area contributed by atoms with E-state index in [0.29, 0.717) is 0 Å². The molecule has 0 spiro atoms. The summed E-state index contributed by atoms with van der Waals surface area (Å²) in [7, 11) is 0. The molecular weight excluding hydrogens is 239 g/mol. The molecule has 0 saturated heterocycles. The van der Waals surface area contributed by atoms with Crippen LogP contribution >= 0.6 is 27.5 Å². The van der Waals surface area contributed by atoms with E-state index >= 15 is 0 Å². The zero-order valence-corrected chi connectivity index (χ0v) is 7.53. The van der Waals surface area contributed by atoms with E-state index in [2.05, 4.69) is 20.9 Å². The van der Waals surface area contributed by atoms with Crippen molar-refractivity contribution in [3.63, 3.8) is 0 Å². The molecule has 0 saturated carbocycles. The minimum absolute atomic E-state index is 0.0191. The van der Waals surface area contributed by atoms with Gasteiger partial charge in [0.1, 0.15) is 0 Å². The van der Waals surface area contributed by atoms with Crippen LogP contribution in [0.4, 0.5) is 8.78 Å². The Morgan fingerprint density at radius 3 is 2.45 bits per heavy atom. The molecule has 1 rings (SSSR count). The first-order valence-electron chi connectivity index (χ1n) is 2.70. The maximum atomic E-state index is 12.1. The third kappa shape index (κ3) is 1.87. The van der Waals surface area contributed by atoms with Crippen molar-refractivity contribution in [2.75, 3.05) is 0 Å². The highest BCUT2D eigenvalue weighted by atomic mass is 79.9. The Hall–Kier alpha value is -0.220. The SMILES string of the molecule is FC(F)c1c(Cl)cncc1Br. The number of rotatable bonds is 1. The second kappa shape index (κ2) is 3.45. The standard InChI is InChI=1S/C6H3BrClF2N/c7-3-1-11-2-4(8)5(3)6(9)10/h1-2,6H. The number of pyridine rings is 1. The summed E-state index contributed by atoms with van der Waals surface area (Å²) < 4.78 is 24.5. The minimum Gasteiger partial charge on any atom is -0.262 e. The van der Waals surface area contributed by atoms with Crippen LogP contribution in [-0.2, 0) is 0 Å². The fourth-order valence-corrected chi connectivity index (χ4v) is 1.49. The van der Waals surface area contributed by atoms with Crippen LogP contribution in [0.2, 0.25) is 5.02 Å². The Balaban J connectivity index is 3.21. The molecule has 1 heterocycles. The lowest BCUT2D eigenvalue weighted by Crippen LogP contribution is -1.88. The third-order valence-corrected chi connectivity index (χ3v) is 2.04. The molecule has 1 aromatic rings. The van der Waals surface area contributed by atoms with Gasteiger partial charge < -0.3 is 0 Å². The largest absolute Gasteiger partial charge is 0.266 e. The van der Waals surface area contributed by atoms with Crippen molar-refractivity contribution >= 4 is 27.5 Å². The van der Waals surface area contributed by atoms with Gasteiger partial charge >= 0.3 is 0 Å². The first kappa shape index (κ1) is 8.87. The Bertz CT molecular complexity index is 247. The molecule has 0 aliphatic carbocycles. The van der Waals surface area contributed by atoms with Gasteiger partial charge in [0.15, 0.2) is 0 Å². The lowest BCUT2D eigenvalue weighted by molar-refractivity contribution is 0.150. The van der Waals surface area contributed by atoms with E-state index in [0.717, 1.165) is 0 Å². The molecule has 0 amide bonds. The predicted molar refractivity (Wildman–Crippen MR) is 41.9 cm³/mol. The van der Waals surface area contributed by atoms with Gasteiger partial charge in [0.2, 0.25) is 0 Å². The summed E-state index contributed by atoms with van der Waals surface area (Å²) in [6, 6.07) is 0. The van der Waals surface area contributed by atoms with Crippen LogP contribution < -0.4 is 0 Å². The molecule has 0 aliphatic heterocycles. The summed E-state index contributed by atoms with van der Waals surface area (Å²) in [5.41, 5.74) is -0.207. The van der Waals surface area contributed by atoms with Crippen molar-refractivity contribution in [1.29, 1.82) is 0 Å². The van der Waals surface area contributed by atoms with E-state index < -0.39 is 6.43 Å². The van der Waals surface area contributed by atoms with E-state index in [9.17, 15) is 8.78 Å². The van der Waals surface area contributed by atoms with Crippen LogP contribution in [-0.4, -0.2) is 4.98 Å². The number of hydrogen-bond donors (Lipinski definition) is 0. The van der Waals surface area contributed by atoms with Crippen molar-refractivity contribution in [1.82, 2.24) is 4.98 Å². The molecule has 0 radical (unpaired) electrons. The quantitative estimate of drug-likeness (QED) is 0.735. The Labute approximate surface area is 75.5 Å². The van der Waals surface area contributed by atoms with Crippen molar-refractivity contribution in [2.24, 2.45) is 0 Å². The van der Waals surface area contributed by atoms with Gasteiger partial charge in [-0.15, -0.1) is 0 Å². The van der Waals surface area contributed by atoms with Gasteiger partial charge in [-0.3, -0.25) is 4.98 Å². The third-order valence-electron chi connectivity index (χ3n) is 1.11. The number of hydrogen-bond acceptors (Lipinski definition) is 1. The molecule has 0 fully saturated rings. The number of alkyl halides is 2. The van der Waals surface area contributed by atoms with Crippen molar-refractivity contribution in [3.05, 3.63) is 27.5 Å². The van der Waals surface area contributed by atoms with Crippen molar-refractivity contribution in [3.8, 4) is 0 Å². The molecule has 0 aliphatic rings. The smallest absolute Gasteiger partial charge is 0.262 e. The molecule has 0 aromatic carbocycles. The second-order valence-electron chi connectivity index (χ2n) is 1.82. The number of halogens is 4. The maximum absolute atomic E-state index is 12.1. The lowest BCUT2D eigenvalue weighted by Gasteiger charge is -2.03. The summed E-state index contributed by atoms with van der Waals surface area (Å²) in [5, 5.41) is -0.0191. The fourth-order valence-electron chi connectivity index (χ4n) is 0.630. The number of aromatic nitrogens is 1. The highest BCUT2D eigenvalue weighted by Crippen LogP contribution is 2.32. The molecule has 0 bridgehead atoms. The molecule has 1 nitrogen and oxygen atoms in total. The van der Waals surface area contributed by atoms with E-state index in [1.807, 2.05) is 0 Å². The molecule has 0 unspecified atom stereocenters. The Morgan fingerprint density at radius 2 is 2.09 bits per heavy atom. The van der Waals surface area contributed by atoms with Crippen LogP contribution in [0.5, 0.6) is 0 Å². The normalized spacial score (nSPS) is 10.6. The van der Waals surface area contributed by atoms with Gasteiger partial charge in [-0.05, 0) is 15.9 Å². The first-order chi connectivity index (χ1) is 5.13. The highest BCUT2D eigenvalue weighted by Gasteiger charge is 2.15. The van der Waals surface area contributed by atoms with E-state index in [-0.39, 0.29) is 15.1 Å². The summed E-state index contributed by atoms with van der Waals surface area (Å²) in [6.07, 6.45) is -0.0962. The van der Waals surface area contributed by atoms with Crippen LogP contribution in [0.1, 0.15) is 12.0 Å². The van der Waals surface area contributed by atoms with Crippen LogP contribution in [0.15, 0.2) is 16.9 Å². The van der Waals surface area contributed by atoms with Gasteiger partial charge in [-0.25, -0.2) is 8.78 Å². The zero-order chi connectivity index (χ0) is 8.43. The molecule has 11 heavy (non-hydrogen) atoms. The summed E-state index contributed by atoms with van der Waals surface area (Å²) in [6.45, 7) is 0. The molecule has 5 heteroatoms. The second-order valence-corrected chi connectivity index (χ2v) is 3.08. The first-order valence-corrected chi connectivity index (χ1v) is 3.87. The van der Waals surface area contributed by atoms with Crippen LogP contribution in [0.25, 0.3) is 0 Å². The molecule has 1 aromatic heterocycles. The predicted octanol–water partition coefficient (Wildman–Crippen LogP) is 3.44. The van der Waals surface area contributed by atoms with Gasteiger partial charge in [0.25, 0.3) is 6.43 Å². The van der Waals surface area contributed by atoms with Crippen LogP contribution in [0, 0.1) is 0 Å². The average molecular weight is 242 g/mol. The summed E-state index contributed by atoms with van der Waals surface area (Å²) in [5.74, 6) is 0. The fraction of sp³-hybridized carbons (Fsp3) is 0.167. The van der Waals surface area contributed by atoms with Crippen molar-refractivity contribution in [2.45, 2.75) is 6.43 Å². The van der Waals surface area contributed by atoms with Crippen LogP contribution in [0.3, 0.4) is 0 Å². The van der Waals surface area contributed by atoms with Gasteiger partial charge in [-0.2, -0.15) is 0 Å². The molecule has 60 valence electrons. The summed E-state index contributed by atoms with van der Waals surface area (Å²) in [4.78, 5) is 3.61. The topological polar surface area (TPSA) is 12.9 Å². The van der Waals surface area contributed by atoms with Crippen molar-refractivity contribution < 1.29 is 8.78 Å². The lowest BCUT2D eigenvalue weighted by atomic mass is 10.3. The number of nitrogens with zero attached hydrogens (tertiary/aromatic N) is 1. The minimum atomic E-state index is -2.57. The average Bonchev–Trinajstić information content (AvgIpc) is 1.85. The van der Waals surface area contributed by atoms with Gasteiger partial charge in [0.05, 0.1) is 10.6 Å².